The molecule has 94 valence electrons. The third kappa shape index (κ3) is 2.46. The van der Waals surface area contributed by atoms with Crippen molar-refractivity contribution in [1.29, 1.82) is 0 Å². The van der Waals surface area contributed by atoms with Crippen LogP contribution in [0.15, 0.2) is 42.5 Å². The molecule has 0 saturated heterocycles. The maximum Gasteiger partial charge on any atom is 0.0554 e. The van der Waals surface area contributed by atoms with E-state index in [9.17, 15) is 0 Å². The predicted octanol–water partition coefficient (Wildman–Crippen LogP) is 3.91. The van der Waals surface area contributed by atoms with E-state index in [1.54, 1.807) is 0 Å². The minimum atomic E-state index is -0.0274. The van der Waals surface area contributed by atoms with Crippen molar-refractivity contribution in [2.24, 2.45) is 5.73 Å². The van der Waals surface area contributed by atoms with Crippen molar-refractivity contribution in [1.82, 2.24) is 0 Å². The normalized spacial score (nSPS) is 12.4. The number of rotatable bonds is 3. The standard InChI is InChI=1S/C17H21N/c1-4-14-7-5-6-8-16(14)17(18)15-10-9-12(2)13(3)11-15/h5-11,17H,4,18H2,1-3H3. The minimum Gasteiger partial charge on any atom is -0.320 e. The molecule has 0 aliphatic heterocycles. The van der Waals surface area contributed by atoms with Gasteiger partial charge in [0.1, 0.15) is 0 Å². The van der Waals surface area contributed by atoms with Crippen LogP contribution < -0.4 is 5.73 Å². The van der Waals surface area contributed by atoms with E-state index in [4.69, 9.17) is 5.73 Å². The number of hydrogen-bond donors (Lipinski definition) is 1. The third-order valence-electron chi connectivity index (χ3n) is 3.66. The van der Waals surface area contributed by atoms with Crippen LogP contribution in [-0.4, -0.2) is 0 Å². The summed E-state index contributed by atoms with van der Waals surface area (Å²) in [5.41, 5.74) is 12.8. The summed E-state index contributed by atoms with van der Waals surface area (Å²) in [5.74, 6) is 0. The van der Waals surface area contributed by atoms with Gasteiger partial charge in [0, 0.05) is 0 Å². The summed E-state index contributed by atoms with van der Waals surface area (Å²) in [7, 11) is 0. The molecule has 0 heterocycles. The zero-order chi connectivity index (χ0) is 13.1. The second-order valence-electron chi connectivity index (χ2n) is 4.87. The average Bonchev–Trinajstić information content (AvgIpc) is 2.41. The van der Waals surface area contributed by atoms with Gasteiger partial charge in [-0.2, -0.15) is 0 Å². The number of hydrogen-bond acceptors (Lipinski definition) is 1. The van der Waals surface area contributed by atoms with Crippen LogP contribution in [0, 0.1) is 13.8 Å². The van der Waals surface area contributed by atoms with Crippen LogP contribution in [0.2, 0.25) is 0 Å². The molecule has 0 aliphatic rings. The fraction of sp³-hybridized carbons (Fsp3) is 0.294. The number of nitrogens with two attached hydrogens (primary N) is 1. The van der Waals surface area contributed by atoms with Gasteiger partial charge >= 0.3 is 0 Å². The van der Waals surface area contributed by atoms with Gasteiger partial charge in [0.15, 0.2) is 0 Å². The van der Waals surface area contributed by atoms with Gasteiger partial charge in [-0.25, -0.2) is 0 Å². The van der Waals surface area contributed by atoms with E-state index in [2.05, 4.69) is 63.2 Å². The highest BCUT2D eigenvalue weighted by molar-refractivity contribution is 5.40. The largest absolute Gasteiger partial charge is 0.320 e. The summed E-state index contributed by atoms with van der Waals surface area (Å²) in [5, 5.41) is 0. The molecule has 1 atom stereocenters. The molecular formula is C17H21N. The summed E-state index contributed by atoms with van der Waals surface area (Å²) in [6.45, 7) is 6.44. The molecule has 1 heteroatoms. The van der Waals surface area contributed by atoms with Crippen molar-refractivity contribution < 1.29 is 0 Å². The van der Waals surface area contributed by atoms with Crippen molar-refractivity contribution in [3.8, 4) is 0 Å². The maximum atomic E-state index is 6.41. The van der Waals surface area contributed by atoms with E-state index in [0.717, 1.165) is 6.42 Å². The Bertz CT molecular complexity index is 543. The lowest BCUT2D eigenvalue weighted by Gasteiger charge is -2.17. The first kappa shape index (κ1) is 12.8. The molecule has 1 nitrogen and oxygen atoms in total. The molecule has 2 aromatic carbocycles. The Labute approximate surface area is 110 Å². The quantitative estimate of drug-likeness (QED) is 0.863. The van der Waals surface area contributed by atoms with Crippen molar-refractivity contribution in [3.05, 3.63) is 70.3 Å². The van der Waals surface area contributed by atoms with Crippen LogP contribution in [0.3, 0.4) is 0 Å². The Morgan fingerprint density at radius 1 is 1.00 bits per heavy atom. The highest BCUT2D eigenvalue weighted by atomic mass is 14.6. The topological polar surface area (TPSA) is 26.0 Å². The Morgan fingerprint density at radius 3 is 2.39 bits per heavy atom. The maximum absolute atomic E-state index is 6.41. The lowest BCUT2D eigenvalue weighted by Crippen LogP contribution is -2.14. The SMILES string of the molecule is CCc1ccccc1C(N)c1ccc(C)c(C)c1. The Kier molecular flexibility index (Phi) is 3.83. The van der Waals surface area contributed by atoms with Crippen LogP contribution in [0.4, 0.5) is 0 Å². The van der Waals surface area contributed by atoms with Gasteiger partial charge < -0.3 is 5.73 Å². The lowest BCUT2D eigenvalue weighted by atomic mass is 9.92. The second kappa shape index (κ2) is 5.36. The molecule has 0 radical (unpaired) electrons. The van der Waals surface area contributed by atoms with Gasteiger partial charge in [-0.1, -0.05) is 49.4 Å². The van der Waals surface area contributed by atoms with Crippen LogP contribution in [0.5, 0.6) is 0 Å². The Hall–Kier alpha value is -1.60. The molecule has 0 bridgehead atoms. The van der Waals surface area contributed by atoms with E-state index >= 15 is 0 Å². The van der Waals surface area contributed by atoms with Gasteiger partial charge in [-0.3, -0.25) is 0 Å². The fourth-order valence-corrected chi connectivity index (χ4v) is 2.30. The molecular weight excluding hydrogens is 218 g/mol. The molecule has 0 fully saturated rings. The summed E-state index contributed by atoms with van der Waals surface area (Å²) in [4.78, 5) is 0. The highest BCUT2D eigenvalue weighted by Crippen LogP contribution is 2.24. The van der Waals surface area contributed by atoms with Gasteiger partial charge in [0.2, 0.25) is 0 Å². The smallest absolute Gasteiger partial charge is 0.0554 e. The van der Waals surface area contributed by atoms with Gasteiger partial charge in [0.25, 0.3) is 0 Å². The third-order valence-corrected chi connectivity index (χ3v) is 3.66. The molecule has 0 spiro atoms. The van der Waals surface area contributed by atoms with Gasteiger partial charge in [0.05, 0.1) is 6.04 Å². The molecule has 2 N–H and O–H groups in total. The molecule has 2 rings (SSSR count). The summed E-state index contributed by atoms with van der Waals surface area (Å²) in [6, 6.07) is 14.9. The number of aryl methyl sites for hydroxylation is 3. The fourth-order valence-electron chi connectivity index (χ4n) is 2.30. The second-order valence-corrected chi connectivity index (χ2v) is 4.87. The minimum absolute atomic E-state index is 0.0274. The summed E-state index contributed by atoms with van der Waals surface area (Å²) in [6.07, 6.45) is 1.02. The molecule has 2 aromatic rings. The predicted molar refractivity (Wildman–Crippen MR) is 77.8 cm³/mol. The van der Waals surface area contributed by atoms with E-state index in [1.807, 2.05) is 0 Å². The summed E-state index contributed by atoms with van der Waals surface area (Å²) < 4.78 is 0. The van der Waals surface area contributed by atoms with Crippen molar-refractivity contribution in [2.75, 3.05) is 0 Å². The van der Waals surface area contributed by atoms with Crippen molar-refractivity contribution >= 4 is 0 Å². The van der Waals surface area contributed by atoms with Gasteiger partial charge in [-0.05, 0) is 48.1 Å². The van der Waals surface area contributed by atoms with E-state index in [1.165, 1.54) is 27.8 Å². The highest BCUT2D eigenvalue weighted by Gasteiger charge is 2.12. The summed E-state index contributed by atoms with van der Waals surface area (Å²) >= 11 is 0. The zero-order valence-electron chi connectivity index (χ0n) is 11.4. The molecule has 0 amide bonds. The molecule has 1 unspecified atom stereocenters. The van der Waals surface area contributed by atoms with Crippen LogP contribution >= 0.6 is 0 Å². The zero-order valence-corrected chi connectivity index (χ0v) is 11.4. The van der Waals surface area contributed by atoms with E-state index in [-0.39, 0.29) is 6.04 Å². The van der Waals surface area contributed by atoms with Crippen LogP contribution in [0.25, 0.3) is 0 Å². The number of benzene rings is 2. The average molecular weight is 239 g/mol. The lowest BCUT2D eigenvalue weighted by molar-refractivity contribution is 0.847. The van der Waals surface area contributed by atoms with Gasteiger partial charge in [-0.15, -0.1) is 0 Å². The monoisotopic (exact) mass is 239 g/mol. The molecule has 0 saturated carbocycles. The Morgan fingerprint density at radius 2 is 1.72 bits per heavy atom. The van der Waals surface area contributed by atoms with Crippen molar-refractivity contribution in [2.45, 2.75) is 33.2 Å². The first-order valence-corrected chi connectivity index (χ1v) is 6.54. The Balaban J connectivity index is 2.41. The molecule has 0 aromatic heterocycles. The van der Waals surface area contributed by atoms with Crippen molar-refractivity contribution in [3.63, 3.8) is 0 Å². The van der Waals surface area contributed by atoms with E-state index in [0.29, 0.717) is 0 Å². The van der Waals surface area contributed by atoms with Crippen LogP contribution in [0.1, 0.15) is 40.8 Å². The first-order valence-electron chi connectivity index (χ1n) is 6.54. The first-order chi connectivity index (χ1) is 8.63. The van der Waals surface area contributed by atoms with E-state index < -0.39 is 0 Å². The molecule has 0 aliphatic carbocycles. The molecule has 18 heavy (non-hydrogen) atoms. The van der Waals surface area contributed by atoms with Crippen LogP contribution in [-0.2, 0) is 6.42 Å².